The summed E-state index contributed by atoms with van der Waals surface area (Å²) in [5.41, 5.74) is 2.21. The molecule has 2 rings (SSSR count). The minimum absolute atomic E-state index is 0.0990. The Bertz CT molecular complexity index is 683. The van der Waals surface area contributed by atoms with Crippen LogP contribution in [-0.4, -0.2) is 37.7 Å². The Kier molecular flexibility index (Phi) is 5.68. The van der Waals surface area contributed by atoms with Crippen LogP contribution in [0.1, 0.15) is 5.56 Å². The molecule has 0 fully saturated rings. The van der Waals surface area contributed by atoms with Gasteiger partial charge in [-0.3, -0.25) is 4.79 Å². The molecule has 0 bridgehead atoms. The smallest absolute Gasteiger partial charge is 0.271 e. The lowest BCUT2D eigenvalue weighted by Crippen LogP contribution is -2.30. The molecule has 0 aliphatic heterocycles. The maximum Gasteiger partial charge on any atom is 0.271 e. The molecule has 0 aliphatic rings. The summed E-state index contributed by atoms with van der Waals surface area (Å²) < 4.78 is 11.7. The van der Waals surface area contributed by atoms with Gasteiger partial charge in [0.05, 0.1) is 26.0 Å². The first-order chi connectivity index (χ1) is 10.7. The number of hydrogen-bond donors (Lipinski definition) is 1. The zero-order valence-corrected chi connectivity index (χ0v) is 13.1. The number of rotatable bonds is 7. The molecule has 118 valence electrons. The fourth-order valence-corrected chi connectivity index (χ4v) is 2.17. The van der Waals surface area contributed by atoms with Crippen molar-refractivity contribution < 1.29 is 9.47 Å². The average molecular weight is 303 g/mol. The lowest BCUT2D eigenvalue weighted by Gasteiger charge is -2.11. The molecule has 0 unspecified atom stereocenters. The highest BCUT2D eigenvalue weighted by Gasteiger charge is 2.10. The van der Waals surface area contributed by atoms with E-state index in [2.05, 4.69) is 10.4 Å². The number of methoxy groups -OCH3 is 2. The van der Waals surface area contributed by atoms with Crippen molar-refractivity contribution in [3.63, 3.8) is 0 Å². The SMILES string of the molecule is CNCc1cc(-c2cccc(OC)c2)nn(CCOC)c1=O. The molecule has 0 spiro atoms. The van der Waals surface area contributed by atoms with E-state index in [0.29, 0.717) is 25.3 Å². The van der Waals surface area contributed by atoms with Gasteiger partial charge in [-0.2, -0.15) is 5.10 Å². The molecule has 0 radical (unpaired) electrons. The van der Waals surface area contributed by atoms with E-state index in [-0.39, 0.29) is 5.56 Å². The molecular weight excluding hydrogens is 282 g/mol. The van der Waals surface area contributed by atoms with Gasteiger partial charge in [-0.05, 0) is 25.2 Å². The number of nitrogens with one attached hydrogen (secondary N) is 1. The molecule has 0 aliphatic carbocycles. The predicted octanol–water partition coefficient (Wildman–Crippen LogP) is 1.28. The first-order valence-corrected chi connectivity index (χ1v) is 7.08. The Hall–Kier alpha value is -2.18. The highest BCUT2D eigenvalue weighted by molar-refractivity contribution is 5.61. The standard InChI is InChI=1S/C16H21N3O3/c1-17-11-13-10-15(12-5-4-6-14(9-12)22-3)18-19(16(13)20)7-8-21-2/h4-6,9-10,17H,7-8,11H2,1-3H3. The number of aromatic nitrogens is 2. The van der Waals surface area contributed by atoms with Crippen molar-refractivity contribution in [1.29, 1.82) is 0 Å². The second kappa shape index (κ2) is 7.72. The Labute approximate surface area is 129 Å². The van der Waals surface area contributed by atoms with Crippen LogP contribution in [0.15, 0.2) is 35.1 Å². The van der Waals surface area contributed by atoms with E-state index in [1.165, 1.54) is 4.68 Å². The third-order valence-electron chi connectivity index (χ3n) is 3.29. The zero-order valence-electron chi connectivity index (χ0n) is 13.1. The van der Waals surface area contributed by atoms with Crippen LogP contribution in [0.3, 0.4) is 0 Å². The summed E-state index contributed by atoms with van der Waals surface area (Å²) >= 11 is 0. The van der Waals surface area contributed by atoms with Gasteiger partial charge in [0.25, 0.3) is 5.56 Å². The normalized spacial score (nSPS) is 10.7. The van der Waals surface area contributed by atoms with Crippen LogP contribution in [-0.2, 0) is 17.8 Å². The van der Waals surface area contributed by atoms with Gasteiger partial charge in [0.15, 0.2) is 0 Å². The van der Waals surface area contributed by atoms with Crippen molar-refractivity contribution in [3.8, 4) is 17.0 Å². The molecule has 2 aromatic rings. The molecule has 22 heavy (non-hydrogen) atoms. The molecule has 1 N–H and O–H groups in total. The molecule has 1 aromatic heterocycles. The van der Waals surface area contributed by atoms with Crippen LogP contribution in [0.5, 0.6) is 5.75 Å². The van der Waals surface area contributed by atoms with Crippen LogP contribution in [0, 0.1) is 0 Å². The predicted molar refractivity (Wildman–Crippen MR) is 85.1 cm³/mol. The Morgan fingerprint density at radius 1 is 1.27 bits per heavy atom. The van der Waals surface area contributed by atoms with E-state index < -0.39 is 0 Å². The monoisotopic (exact) mass is 303 g/mol. The van der Waals surface area contributed by atoms with Crippen LogP contribution >= 0.6 is 0 Å². The number of hydrogen-bond acceptors (Lipinski definition) is 5. The average Bonchev–Trinajstić information content (AvgIpc) is 2.55. The van der Waals surface area contributed by atoms with Gasteiger partial charge in [0, 0.05) is 24.8 Å². The summed E-state index contributed by atoms with van der Waals surface area (Å²) in [4.78, 5) is 12.4. The highest BCUT2D eigenvalue weighted by Crippen LogP contribution is 2.21. The third kappa shape index (κ3) is 3.72. The topological polar surface area (TPSA) is 65.4 Å². The van der Waals surface area contributed by atoms with E-state index in [1.807, 2.05) is 37.4 Å². The Morgan fingerprint density at radius 2 is 2.09 bits per heavy atom. The molecule has 0 amide bonds. The lowest BCUT2D eigenvalue weighted by atomic mass is 10.1. The van der Waals surface area contributed by atoms with Gasteiger partial charge in [-0.15, -0.1) is 0 Å². The van der Waals surface area contributed by atoms with Gasteiger partial charge in [-0.1, -0.05) is 12.1 Å². The van der Waals surface area contributed by atoms with Crippen molar-refractivity contribution in [2.24, 2.45) is 0 Å². The van der Waals surface area contributed by atoms with Crippen LogP contribution in [0.4, 0.5) is 0 Å². The first-order valence-electron chi connectivity index (χ1n) is 7.08. The molecule has 0 atom stereocenters. The number of benzene rings is 1. The van der Waals surface area contributed by atoms with Crippen molar-refractivity contribution in [2.45, 2.75) is 13.1 Å². The van der Waals surface area contributed by atoms with Gasteiger partial charge in [0.1, 0.15) is 5.75 Å². The van der Waals surface area contributed by atoms with Crippen LogP contribution < -0.4 is 15.6 Å². The van der Waals surface area contributed by atoms with E-state index >= 15 is 0 Å². The van der Waals surface area contributed by atoms with Crippen molar-refractivity contribution in [3.05, 3.63) is 46.2 Å². The third-order valence-corrected chi connectivity index (χ3v) is 3.29. The fourth-order valence-electron chi connectivity index (χ4n) is 2.17. The molecule has 0 saturated heterocycles. The summed E-state index contributed by atoms with van der Waals surface area (Å²) in [5.74, 6) is 0.754. The molecule has 1 heterocycles. The minimum Gasteiger partial charge on any atom is -0.497 e. The van der Waals surface area contributed by atoms with Crippen molar-refractivity contribution in [2.75, 3.05) is 27.9 Å². The van der Waals surface area contributed by atoms with Crippen molar-refractivity contribution in [1.82, 2.24) is 15.1 Å². The number of nitrogens with zero attached hydrogens (tertiary/aromatic N) is 2. The minimum atomic E-state index is -0.0990. The van der Waals surface area contributed by atoms with Gasteiger partial charge >= 0.3 is 0 Å². The van der Waals surface area contributed by atoms with E-state index in [4.69, 9.17) is 9.47 Å². The Morgan fingerprint density at radius 3 is 2.77 bits per heavy atom. The van der Waals surface area contributed by atoms with E-state index in [0.717, 1.165) is 17.0 Å². The van der Waals surface area contributed by atoms with Gasteiger partial charge in [-0.25, -0.2) is 4.68 Å². The van der Waals surface area contributed by atoms with E-state index in [1.54, 1.807) is 14.2 Å². The first kappa shape index (κ1) is 16.2. The summed E-state index contributed by atoms with van der Waals surface area (Å²) in [6.45, 7) is 1.35. The quantitative estimate of drug-likeness (QED) is 0.835. The summed E-state index contributed by atoms with van der Waals surface area (Å²) in [6, 6.07) is 9.43. The van der Waals surface area contributed by atoms with Crippen LogP contribution in [0.25, 0.3) is 11.3 Å². The summed E-state index contributed by atoms with van der Waals surface area (Å²) in [6.07, 6.45) is 0. The largest absolute Gasteiger partial charge is 0.497 e. The molecular formula is C16H21N3O3. The number of ether oxygens (including phenoxy) is 2. The molecule has 0 saturated carbocycles. The summed E-state index contributed by atoms with van der Waals surface area (Å²) in [5, 5.41) is 7.45. The lowest BCUT2D eigenvalue weighted by molar-refractivity contribution is 0.182. The van der Waals surface area contributed by atoms with Gasteiger partial charge in [0.2, 0.25) is 0 Å². The summed E-state index contributed by atoms with van der Waals surface area (Å²) in [7, 11) is 5.04. The maximum atomic E-state index is 12.4. The van der Waals surface area contributed by atoms with Gasteiger partial charge < -0.3 is 14.8 Å². The zero-order chi connectivity index (χ0) is 15.9. The second-order valence-corrected chi connectivity index (χ2v) is 4.84. The molecule has 1 aromatic carbocycles. The second-order valence-electron chi connectivity index (χ2n) is 4.84. The fraction of sp³-hybridized carbons (Fsp3) is 0.375. The molecule has 6 nitrogen and oxygen atoms in total. The van der Waals surface area contributed by atoms with E-state index in [9.17, 15) is 4.79 Å². The highest BCUT2D eigenvalue weighted by atomic mass is 16.5. The molecule has 6 heteroatoms. The Balaban J connectivity index is 2.49. The van der Waals surface area contributed by atoms with Crippen LogP contribution in [0.2, 0.25) is 0 Å². The maximum absolute atomic E-state index is 12.4. The van der Waals surface area contributed by atoms with Crippen molar-refractivity contribution >= 4 is 0 Å².